The maximum atomic E-state index is 14.7. The van der Waals surface area contributed by atoms with Crippen molar-refractivity contribution in [2.24, 2.45) is 0 Å². The fourth-order valence-electron chi connectivity index (χ4n) is 3.36. The van der Waals surface area contributed by atoms with E-state index in [0.717, 1.165) is 30.8 Å². The SMILES string of the molecule is CNc1cc(C2CCNCC2)c(F)cc1C(=N)N1CCC(=O)NC1=O. The number of amides is 3. The highest BCUT2D eigenvalue weighted by Gasteiger charge is 2.29. The van der Waals surface area contributed by atoms with Crippen LogP contribution < -0.4 is 16.0 Å². The lowest BCUT2D eigenvalue weighted by Gasteiger charge is -2.29. The quantitative estimate of drug-likeness (QED) is 0.493. The van der Waals surface area contributed by atoms with Crippen LogP contribution in [0.5, 0.6) is 0 Å². The van der Waals surface area contributed by atoms with Crippen LogP contribution in [0.4, 0.5) is 14.9 Å². The molecule has 0 saturated carbocycles. The van der Waals surface area contributed by atoms with E-state index in [1.54, 1.807) is 13.1 Å². The van der Waals surface area contributed by atoms with E-state index >= 15 is 0 Å². The Morgan fingerprint density at radius 1 is 1.32 bits per heavy atom. The van der Waals surface area contributed by atoms with Crippen LogP contribution in [-0.4, -0.2) is 49.4 Å². The summed E-state index contributed by atoms with van der Waals surface area (Å²) in [7, 11) is 1.70. The standard InChI is InChI=1S/C17H22FN5O2/c1-20-14-9-11(10-2-5-21-6-3-10)13(18)8-12(14)16(19)23-7-4-15(24)22-17(23)25/h8-10,19-21H,2-7H2,1H3,(H,22,24,25). The summed E-state index contributed by atoms with van der Waals surface area (Å²) in [6, 6.07) is 2.41. The Bertz CT molecular complexity index is 715. The number of halogens is 1. The molecule has 2 aliphatic heterocycles. The predicted molar refractivity (Wildman–Crippen MR) is 92.5 cm³/mol. The van der Waals surface area contributed by atoms with Gasteiger partial charge in [0.05, 0.1) is 0 Å². The second-order valence-corrected chi connectivity index (χ2v) is 6.30. The van der Waals surface area contributed by atoms with Crippen molar-refractivity contribution in [1.29, 1.82) is 5.41 Å². The summed E-state index contributed by atoms with van der Waals surface area (Å²) in [6.07, 6.45) is 1.86. The van der Waals surface area contributed by atoms with E-state index in [1.165, 1.54) is 6.07 Å². The molecule has 0 aliphatic carbocycles. The van der Waals surface area contributed by atoms with Crippen LogP contribution in [-0.2, 0) is 4.79 Å². The molecule has 2 heterocycles. The molecule has 0 radical (unpaired) electrons. The molecule has 134 valence electrons. The van der Waals surface area contributed by atoms with E-state index in [9.17, 15) is 14.0 Å². The van der Waals surface area contributed by atoms with E-state index in [2.05, 4.69) is 16.0 Å². The Kier molecular flexibility index (Phi) is 4.98. The highest BCUT2D eigenvalue weighted by molar-refractivity contribution is 6.12. The van der Waals surface area contributed by atoms with Crippen molar-refractivity contribution in [3.8, 4) is 0 Å². The number of urea groups is 1. The first-order chi connectivity index (χ1) is 12.0. The summed E-state index contributed by atoms with van der Waals surface area (Å²) in [5.74, 6) is -0.702. The summed E-state index contributed by atoms with van der Waals surface area (Å²) in [5.41, 5.74) is 1.55. The molecule has 2 aliphatic rings. The number of nitrogens with one attached hydrogen (secondary N) is 4. The smallest absolute Gasteiger partial charge is 0.329 e. The van der Waals surface area contributed by atoms with Gasteiger partial charge in [0, 0.05) is 31.3 Å². The third-order valence-corrected chi connectivity index (χ3v) is 4.76. The average molecular weight is 347 g/mol. The normalized spacial score (nSPS) is 18.9. The number of amidine groups is 1. The molecule has 25 heavy (non-hydrogen) atoms. The molecule has 8 heteroatoms. The Balaban J connectivity index is 1.90. The number of carbonyl (C=O) groups excluding carboxylic acids is 2. The minimum atomic E-state index is -0.647. The molecular formula is C17H22FN5O2. The van der Waals surface area contributed by atoms with E-state index in [4.69, 9.17) is 5.41 Å². The number of piperidine rings is 1. The van der Waals surface area contributed by atoms with Crippen LogP contribution in [0, 0.1) is 11.2 Å². The lowest BCUT2D eigenvalue weighted by molar-refractivity contribution is -0.121. The molecule has 2 fully saturated rings. The van der Waals surface area contributed by atoms with Gasteiger partial charge in [-0.05, 0) is 49.5 Å². The van der Waals surface area contributed by atoms with Crippen molar-refractivity contribution in [2.75, 3.05) is 32.0 Å². The van der Waals surface area contributed by atoms with Gasteiger partial charge in [-0.1, -0.05) is 0 Å². The van der Waals surface area contributed by atoms with Crippen molar-refractivity contribution in [2.45, 2.75) is 25.2 Å². The monoisotopic (exact) mass is 347 g/mol. The summed E-state index contributed by atoms with van der Waals surface area (Å²) in [6.45, 7) is 1.83. The Morgan fingerprint density at radius 3 is 2.68 bits per heavy atom. The van der Waals surface area contributed by atoms with Crippen molar-refractivity contribution in [1.82, 2.24) is 15.5 Å². The molecule has 0 aromatic heterocycles. The van der Waals surface area contributed by atoms with Gasteiger partial charge in [0.1, 0.15) is 11.7 Å². The van der Waals surface area contributed by atoms with Crippen LogP contribution in [0.1, 0.15) is 36.3 Å². The second kappa shape index (κ2) is 7.18. The van der Waals surface area contributed by atoms with Crippen LogP contribution in [0.3, 0.4) is 0 Å². The molecule has 3 amide bonds. The molecule has 7 nitrogen and oxygen atoms in total. The fraction of sp³-hybridized carbons (Fsp3) is 0.471. The van der Waals surface area contributed by atoms with Crippen molar-refractivity contribution >= 4 is 23.5 Å². The van der Waals surface area contributed by atoms with Gasteiger partial charge in [-0.2, -0.15) is 0 Å². The Morgan fingerprint density at radius 2 is 2.04 bits per heavy atom. The van der Waals surface area contributed by atoms with Crippen LogP contribution >= 0.6 is 0 Å². The highest BCUT2D eigenvalue weighted by atomic mass is 19.1. The van der Waals surface area contributed by atoms with Gasteiger partial charge in [0.2, 0.25) is 5.91 Å². The fourth-order valence-corrected chi connectivity index (χ4v) is 3.36. The lowest BCUT2D eigenvalue weighted by Crippen LogP contribution is -2.52. The third-order valence-electron chi connectivity index (χ3n) is 4.76. The average Bonchev–Trinajstić information content (AvgIpc) is 2.61. The number of carbonyl (C=O) groups is 2. The Hall–Kier alpha value is -2.48. The van der Waals surface area contributed by atoms with E-state index < -0.39 is 6.03 Å². The number of imide groups is 1. The van der Waals surface area contributed by atoms with E-state index in [1.807, 2.05) is 0 Å². The topological polar surface area (TPSA) is 97.3 Å². The van der Waals surface area contributed by atoms with Gasteiger partial charge in [0.15, 0.2) is 0 Å². The third kappa shape index (κ3) is 3.48. The zero-order valence-electron chi connectivity index (χ0n) is 14.1. The number of rotatable bonds is 3. The van der Waals surface area contributed by atoms with Crippen LogP contribution in [0.25, 0.3) is 0 Å². The maximum absolute atomic E-state index is 14.7. The molecule has 0 unspecified atom stereocenters. The largest absolute Gasteiger partial charge is 0.388 e. The van der Waals surface area contributed by atoms with Gasteiger partial charge in [-0.25, -0.2) is 9.18 Å². The van der Waals surface area contributed by atoms with Gasteiger partial charge in [-0.15, -0.1) is 0 Å². The minimum absolute atomic E-state index is 0.115. The molecule has 2 saturated heterocycles. The summed E-state index contributed by atoms with van der Waals surface area (Å²) >= 11 is 0. The zero-order valence-corrected chi connectivity index (χ0v) is 14.1. The molecule has 0 spiro atoms. The Labute approximate surface area is 145 Å². The van der Waals surface area contributed by atoms with Crippen molar-refractivity contribution < 1.29 is 14.0 Å². The zero-order chi connectivity index (χ0) is 18.0. The molecule has 0 atom stereocenters. The molecule has 4 N–H and O–H groups in total. The van der Waals surface area contributed by atoms with E-state index in [-0.39, 0.29) is 36.4 Å². The van der Waals surface area contributed by atoms with Crippen molar-refractivity contribution in [3.63, 3.8) is 0 Å². The van der Waals surface area contributed by atoms with Crippen LogP contribution in [0.2, 0.25) is 0 Å². The number of hydrogen-bond donors (Lipinski definition) is 4. The van der Waals surface area contributed by atoms with Gasteiger partial charge < -0.3 is 10.6 Å². The predicted octanol–water partition coefficient (Wildman–Crippen LogP) is 1.60. The van der Waals surface area contributed by atoms with Crippen molar-refractivity contribution in [3.05, 3.63) is 29.1 Å². The molecular weight excluding hydrogens is 325 g/mol. The van der Waals surface area contributed by atoms with Gasteiger partial charge in [-0.3, -0.25) is 20.4 Å². The number of nitrogens with zero attached hydrogens (tertiary/aromatic N) is 1. The van der Waals surface area contributed by atoms with Gasteiger partial charge >= 0.3 is 6.03 Å². The molecule has 3 rings (SSSR count). The second-order valence-electron chi connectivity index (χ2n) is 6.30. The lowest BCUT2D eigenvalue weighted by atomic mass is 9.88. The minimum Gasteiger partial charge on any atom is -0.388 e. The summed E-state index contributed by atoms with van der Waals surface area (Å²) in [5, 5.41) is 16.8. The first-order valence-electron chi connectivity index (χ1n) is 8.43. The highest BCUT2D eigenvalue weighted by Crippen LogP contribution is 2.32. The number of benzene rings is 1. The summed E-state index contributed by atoms with van der Waals surface area (Å²) in [4.78, 5) is 24.4. The maximum Gasteiger partial charge on any atom is 0.329 e. The molecule has 1 aromatic carbocycles. The molecule has 1 aromatic rings. The molecule has 0 bridgehead atoms. The number of anilines is 1. The number of hydrogen-bond acceptors (Lipinski definition) is 5. The summed E-state index contributed by atoms with van der Waals surface area (Å²) < 4.78 is 14.7. The van der Waals surface area contributed by atoms with E-state index in [0.29, 0.717) is 16.8 Å². The first-order valence-corrected chi connectivity index (χ1v) is 8.43. The van der Waals surface area contributed by atoms with Crippen LogP contribution in [0.15, 0.2) is 12.1 Å². The van der Waals surface area contributed by atoms with Gasteiger partial charge in [0.25, 0.3) is 0 Å². The first kappa shape index (κ1) is 17.3.